The molecule has 0 aromatic heterocycles. The lowest BCUT2D eigenvalue weighted by atomic mass is 9.85. The third-order valence-corrected chi connectivity index (χ3v) is 5.62. The van der Waals surface area contributed by atoms with Gasteiger partial charge < -0.3 is 10.4 Å². The van der Waals surface area contributed by atoms with E-state index in [0.29, 0.717) is 11.3 Å². The van der Waals surface area contributed by atoms with E-state index in [-0.39, 0.29) is 11.8 Å². The molecule has 1 fully saturated rings. The molecule has 1 heterocycles. The fourth-order valence-electron chi connectivity index (χ4n) is 3.53. The minimum Gasteiger partial charge on any atom is -0.481 e. The summed E-state index contributed by atoms with van der Waals surface area (Å²) in [7, 11) is 0. The summed E-state index contributed by atoms with van der Waals surface area (Å²) < 4.78 is 0. The molecule has 0 bridgehead atoms. The number of hydrogen-bond donors (Lipinski definition) is 2. The maximum atomic E-state index is 12.6. The first-order valence-corrected chi connectivity index (χ1v) is 9.77. The van der Waals surface area contributed by atoms with Crippen LogP contribution in [0, 0.1) is 5.92 Å². The van der Waals surface area contributed by atoms with Crippen LogP contribution in [0.5, 0.6) is 0 Å². The van der Waals surface area contributed by atoms with Gasteiger partial charge in [-0.3, -0.25) is 14.5 Å². The fraction of sp³-hybridized carbons (Fsp3) is 0.391. The molecule has 5 nitrogen and oxygen atoms in total. The maximum Gasteiger partial charge on any atom is 0.313 e. The van der Waals surface area contributed by atoms with Crippen molar-refractivity contribution in [2.24, 2.45) is 5.92 Å². The lowest BCUT2D eigenvalue weighted by molar-refractivity contribution is -0.142. The van der Waals surface area contributed by atoms with Gasteiger partial charge in [0.15, 0.2) is 0 Å². The van der Waals surface area contributed by atoms with Gasteiger partial charge in [0.25, 0.3) is 0 Å². The molecule has 2 aromatic carbocycles. The molecule has 0 spiro atoms. The molecule has 5 heteroatoms. The van der Waals surface area contributed by atoms with Crippen LogP contribution >= 0.6 is 0 Å². The zero-order chi connectivity index (χ0) is 20.1. The van der Waals surface area contributed by atoms with Crippen molar-refractivity contribution < 1.29 is 14.7 Å². The summed E-state index contributed by atoms with van der Waals surface area (Å²) >= 11 is 0. The molecule has 2 N–H and O–H groups in total. The molecule has 1 amide bonds. The molecule has 28 heavy (non-hydrogen) atoms. The van der Waals surface area contributed by atoms with E-state index in [1.54, 1.807) is 38.1 Å². The average Bonchev–Trinajstić information content (AvgIpc) is 2.69. The third-order valence-electron chi connectivity index (χ3n) is 5.62. The van der Waals surface area contributed by atoms with E-state index in [4.69, 9.17) is 0 Å². The summed E-state index contributed by atoms with van der Waals surface area (Å²) in [6.07, 6.45) is 1.70. The number of piperidine rings is 1. The first-order valence-electron chi connectivity index (χ1n) is 9.77. The highest BCUT2D eigenvalue weighted by molar-refractivity contribution is 5.92. The number of carbonyl (C=O) groups excluding carboxylic acids is 1. The summed E-state index contributed by atoms with van der Waals surface area (Å²) in [5, 5.41) is 12.3. The Morgan fingerprint density at radius 2 is 1.64 bits per heavy atom. The Labute approximate surface area is 166 Å². The quantitative estimate of drug-likeness (QED) is 0.797. The molecular weight excluding hydrogens is 352 g/mol. The number of hydrogen-bond acceptors (Lipinski definition) is 3. The normalized spacial score (nSPS) is 15.9. The van der Waals surface area contributed by atoms with Crippen molar-refractivity contribution >= 4 is 17.6 Å². The number of carboxylic acid groups (broad SMARTS) is 1. The van der Waals surface area contributed by atoms with Gasteiger partial charge in [-0.25, -0.2) is 0 Å². The fourth-order valence-corrected chi connectivity index (χ4v) is 3.53. The van der Waals surface area contributed by atoms with E-state index in [0.717, 1.165) is 32.5 Å². The third kappa shape index (κ3) is 4.78. The monoisotopic (exact) mass is 380 g/mol. The lowest BCUT2D eigenvalue weighted by Crippen LogP contribution is -2.37. The summed E-state index contributed by atoms with van der Waals surface area (Å²) in [4.78, 5) is 26.3. The van der Waals surface area contributed by atoms with E-state index in [2.05, 4.69) is 34.5 Å². The van der Waals surface area contributed by atoms with Crippen LogP contribution in [0.3, 0.4) is 0 Å². The van der Waals surface area contributed by atoms with Gasteiger partial charge in [0.2, 0.25) is 5.91 Å². The Hall–Kier alpha value is -2.66. The van der Waals surface area contributed by atoms with Crippen LogP contribution < -0.4 is 5.32 Å². The summed E-state index contributed by atoms with van der Waals surface area (Å²) in [5.74, 6) is -0.807. The summed E-state index contributed by atoms with van der Waals surface area (Å²) in [6.45, 7) is 6.10. The number of anilines is 1. The molecule has 0 saturated carbocycles. The molecule has 2 aromatic rings. The number of nitrogens with zero attached hydrogens (tertiary/aromatic N) is 1. The number of benzene rings is 2. The molecule has 0 aliphatic carbocycles. The average molecular weight is 380 g/mol. The van der Waals surface area contributed by atoms with Gasteiger partial charge in [-0.15, -0.1) is 0 Å². The van der Waals surface area contributed by atoms with Crippen LogP contribution in [0.4, 0.5) is 5.69 Å². The second-order valence-electron chi connectivity index (χ2n) is 8.03. The topological polar surface area (TPSA) is 69.6 Å². The number of carbonyl (C=O) groups is 2. The van der Waals surface area contributed by atoms with Gasteiger partial charge in [-0.05, 0) is 63.0 Å². The standard InChI is InChI=1S/C23H28N2O3/c1-23(2,22(27)28)19-8-10-20(11-9-19)24-21(26)18-12-14-25(15-13-18)16-17-6-4-3-5-7-17/h3-11,18H,12-16H2,1-2H3,(H,24,26)(H,27,28). The molecule has 1 aliphatic rings. The van der Waals surface area contributed by atoms with Gasteiger partial charge in [-0.2, -0.15) is 0 Å². The number of rotatable bonds is 6. The van der Waals surface area contributed by atoms with E-state index in [9.17, 15) is 14.7 Å². The second-order valence-corrected chi connectivity index (χ2v) is 8.03. The SMILES string of the molecule is CC(C)(C(=O)O)c1ccc(NC(=O)C2CCN(Cc3ccccc3)CC2)cc1. The van der Waals surface area contributed by atoms with Gasteiger partial charge in [0.1, 0.15) is 0 Å². The molecular formula is C23H28N2O3. The zero-order valence-electron chi connectivity index (χ0n) is 16.5. The number of aliphatic carboxylic acids is 1. The largest absolute Gasteiger partial charge is 0.481 e. The van der Waals surface area contributed by atoms with Crippen LogP contribution in [0.1, 0.15) is 37.8 Å². The van der Waals surface area contributed by atoms with Gasteiger partial charge >= 0.3 is 5.97 Å². The minimum absolute atomic E-state index is 0.0159. The van der Waals surface area contributed by atoms with Crippen LogP contribution in [-0.4, -0.2) is 35.0 Å². The highest BCUT2D eigenvalue weighted by Gasteiger charge is 2.29. The first kappa shape index (κ1) is 20.1. The zero-order valence-corrected chi connectivity index (χ0v) is 16.5. The van der Waals surface area contributed by atoms with E-state index < -0.39 is 11.4 Å². The lowest BCUT2D eigenvalue weighted by Gasteiger charge is -2.31. The summed E-state index contributed by atoms with van der Waals surface area (Å²) in [5.41, 5.74) is 1.78. The Kier molecular flexibility index (Phi) is 6.15. The van der Waals surface area contributed by atoms with Crippen LogP contribution in [0.15, 0.2) is 54.6 Å². The Bertz CT molecular complexity index is 808. The first-order chi connectivity index (χ1) is 13.4. The van der Waals surface area contributed by atoms with Crippen molar-refractivity contribution in [1.29, 1.82) is 0 Å². The van der Waals surface area contributed by atoms with Gasteiger partial charge in [0.05, 0.1) is 5.41 Å². The highest BCUT2D eigenvalue weighted by atomic mass is 16.4. The number of amides is 1. The predicted octanol–water partition coefficient (Wildman–Crippen LogP) is 3.90. The highest BCUT2D eigenvalue weighted by Crippen LogP contribution is 2.26. The van der Waals surface area contributed by atoms with E-state index in [1.807, 2.05) is 6.07 Å². The van der Waals surface area contributed by atoms with Crippen LogP contribution in [0.25, 0.3) is 0 Å². The Morgan fingerprint density at radius 3 is 2.21 bits per heavy atom. The molecule has 0 radical (unpaired) electrons. The van der Waals surface area contributed by atoms with E-state index in [1.165, 1.54) is 5.56 Å². The minimum atomic E-state index is -0.950. The van der Waals surface area contributed by atoms with Gasteiger partial charge in [0, 0.05) is 18.2 Å². The van der Waals surface area contributed by atoms with Crippen molar-refractivity contribution in [2.75, 3.05) is 18.4 Å². The predicted molar refractivity (Wildman–Crippen MR) is 110 cm³/mol. The van der Waals surface area contributed by atoms with Crippen LogP contribution in [0.2, 0.25) is 0 Å². The Morgan fingerprint density at radius 1 is 1.04 bits per heavy atom. The molecule has 0 atom stereocenters. The molecule has 1 aliphatic heterocycles. The number of carboxylic acids is 1. The molecule has 3 rings (SSSR count). The second kappa shape index (κ2) is 8.57. The van der Waals surface area contributed by atoms with Crippen molar-refractivity contribution in [3.63, 3.8) is 0 Å². The number of likely N-dealkylation sites (tertiary alicyclic amines) is 1. The van der Waals surface area contributed by atoms with Crippen molar-refractivity contribution in [3.05, 3.63) is 65.7 Å². The smallest absolute Gasteiger partial charge is 0.313 e. The molecule has 1 saturated heterocycles. The molecule has 148 valence electrons. The van der Waals surface area contributed by atoms with Crippen molar-refractivity contribution in [1.82, 2.24) is 4.90 Å². The van der Waals surface area contributed by atoms with Crippen molar-refractivity contribution in [3.8, 4) is 0 Å². The number of nitrogens with one attached hydrogen (secondary N) is 1. The van der Waals surface area contributed by atoms with Gasteiger partial charge in [-0.1, -0.05) is 42.5 Å². The Balaban J connectivity index is 1.51. The molecule has 0 unspecified atom stereocenters. The van der Waals surface area contributed by atoms with Crippen LogP contribution in [-0.2, 0) is 21.5 Å². The summed E-state index contributed by atoms with van der Waals surface area (Å²) in [6, 6.07) is 17.5. The van der Waals surface area contributed by atoms with Crippen molar-refractivity contribution in [2.45, 2.75) is 38.6 Å². The van der Waals surface area contributed by atoms with E-state index >= 15 is 0 Å². The maximum absolute atomic E-state index is 12.6.